The van der Waals surface area contributed by atoms with Crippen molar-refractivity contribution in [3.8, 4) is 0 Å². The van der Waals surface area contributed by atoms with Crippen LogP contribution in [0.4, 0.5) is 5.69 Å². The van der Waals surface area contributed by atoms with Gasteiger partial charge in [-0.2, -0.15) is 0 Å². The van der Waals surface area contributed by atoms with Gasteiger partial charge in [-0.15, -0.1) is 0 Å². The van der Waals surface area contributed by atoms with Crippen LogP contribution in [0.5, 0.6) is 0 Å². The van der Waals surface area contributed by atoms with Crippen molar-refractivity contribution in [2.45, 2.75) is 12.3 Å². The van der Waals surface area contributed by atoms with E-state index < -0.39 is 4.92 Å². The fraction of sp³-hybridized carbons (Fsp3) is 0.200. The van der Waals surface area contributed by atoms with Crippen molar-refractivity contribution in [3.63, 3.8) is 0 Å². The summed E-state index contributed by atoms with van der Waals surface area (Å²) in [6.07, 6.45) is -0.0302. The maximum Gasteiger partial charge on any atom is 0.269 e. The van der Waals surface area contributed by atoms with Crippen LogP contribution >= 0.6 is 0 Å². The molecular formula is C15H15N2O3+. The molecule has 1 saturated heterocycles. The van der Waals surface area contributed by atoms with Crippen LogP contribution in [0.2, 0.25) is 0 Å². The van der Waals surface area contributed by atoms with Crippen molar-refractivity contribution >= 4 is 5.69 Å². The number of rotatable bonds is 3. The lowest BCUT2D eigenvalue weighted by atomic mass is 10.1. The highest BCUT2D eigenvalue weighted by molar-refractivity contribution is 5.34. The van der Waals surface area contributed by atoms with E-state index in [0.29, 0.717) is 0 Å². The second-order valence-electron chi connectivity index (χ2n) is 4.78. The molecule has 1 fully saturated rings. The Morgan fingerprint density at radius 2 is 1.75 bits per heavy atom. The summed E-state index contributed by atoms with van der Waals surface area (Å²) >= 11 is 0. The number of nitro groups is 1. The summed E-state index contributed by atoms with van der Waals surface area (Å²) in [6.45, 7) is 0.817. The maximum atomic E-state index is 10.6. The Morgan fingerprint density at radius 1 is 1.05 bits per heavy atom. The van der Waals surface area contributed by atoms with Gasteiger partial charge >= 0.3 is 0 Å². The standard InChI is InChI=1S/C15H14N2O3/c18-17(19)13-8-6-11(7-9-13)14-10-16-15(20-14)12-4-2-1-3-5-12/h1-9,14-16H,10H2/p+1. The van der Waals surface area contributed by atoms with Crippen LogP contribution in [0.25, 0.3) is 0 Å². The van der Waals surface area contributed by atoms with Crippen LogP contribution in [-0.4, -0.2) is 11.5 Å². The minimum absolute atomic E-state index is 0.00334. The van der Waals surface area contributed by atoms with Crippen LogP contribution in [0, 0.1) is 10.1 Å². The summed E-state index contributed by atoms with van der Waals surface area (Å²) in [6, 6.07) is 16.6. The summed E-state index contributed by atoms with van der Waals surface area (Å²) in [4.78, 5) is 10.2. The molecule has 2 aromatic rings. The smallest absolute Gasteiger partial charge is 0.269 e. The highest BCUT2D eigenvalue weighted by atomic mass is 16.6. The van der Waals surface area contributed by atoms with E-state index in [1.807, 2.05) is 30.3 Å². The Balaban J connectivity index is 1.72. The molecule has 2 atom stereocenters. The molecule has 0 aliphatic carbocycles. The average Bonchev–Trinajstić information content (AvgIpc) is 2.98. The van der Waals surface area contributed by atoms with Gasteiger partial charge in [0.1, 0.15) is 12.6 Å². The van der Waals surface area contributed by atoms with E-state index in [4.69, 9.17) is 4.74 Å². The molecule has 102 valence electrons. The fourth-order valence-corrected chi connectivity index (χ4v) is 2.42. The number of hydrogen-bond acceptors (Lipinski definition) is 3. The maximum absolute atomic E-state index is 10.6. The lowest BCUT2D eigenvalue weighted by Gasteiger charge is -2.09. The predicted octanol–water partition coefficient (Wildman–Crippen LogP) is 1.93. The molecule has 2 N–H and O–H groups in total. The van der Waals surface area contributed by atoms with E-state index in [-0.39, 0.29) is 18.0 Å². The first-order valence-electron chi connectivity index (χ1n) is 6.52. The van der Waals surface area contributed by atoms with Gasteiger partial charge in [-0.05, 0) is 17.7 Å². The molecule has 5 nitrogen and oxygen atoms in total. The first-order chi connectivity index (χ1) is 9.74. The third-order valence-corrected chi connectivity index (χ3v) is 3.48. The highest BCUT2D eigenvalue weighted by Gasteiger charge is 2.31. The molecule has 2 aromatic carbocycles. The van der Waals surface area contributed by atoms with Gasteiger partial charge in [0.05, 0.1) is 4.92 Å². The van der Waals surface area contributed by atoms with Gasteiger partial charge in [0.15, 0.2) is 0 Å². The predicted molar refractivity (Wildman–Crippen MR) is 72.9 cm³/mol. The van der Waals surface area contributed by atoms with E-state index in [0.717, 1.165) is 17.7 Å². The minimum atomic E-state index is -0.391. The Kier molecular flexibility index (Phi) is 3.45. The van der Waals surface area contributed by atoms with E-state index in [1.165, 1.54) is 12.1 Å². The van der Waals surface area contributed by atoms with Crippen LogP contribution < -0.4 is 5.32 Å². The molecule has 20 heavy (non-hydrogen) atoms. The van der Waals surface area contributed by atoms with Gasteiger partial charge in [0, 0.05) is 17.7 Å². The molecule has 1 aliphatic rings. The monoisotopic (exact) mass is 271 g/mol. The van der Waals surface area contributed by atoms with Crippen LogP contribution in [0.15, 0.2) is 54.6 Å². The molecule has 1 heterocycles. The number of benzene rings is 2. The molecule has 0 bridgehead atoms. The van der Waals surface area contributed by atoms with Gasteiger partial charge in [0.2, 0.25) is 6.23 Å². The lowest BCUT2D eigenvalue weighted by molar-refractivity contribution is -0.698. The van der Waals surface area contributed by atoms with Crippen LogP contribution in [0.1, 0.15) is 23.5 Å². The van der Waals surface area contributed by atoms with Gasteiger partial charge < -0.3 is 10.1 Å². The summed E-state index contributed by atoms with van der Waals surface area (Å²) < 4.78 is 6.01. The molecule has 0 spiro atoms. The largest absolute Gasteiger partial charge is 0.315 e. The number of quaternary nitrogens is 1. The minimum Gasteiger partial charge on any atom is -0.315 e. The van der Waals surface area contributed by atoms with Crippen molar-refractivity contribution < 1.29 is 15.0 Å². The molecule has 0 aromatic heterocycles. The third-order valence-electron chi connectivity index (χ3n) is 3.48. The topological polar surface area (TPSA) is 69.0 Å². The van der Waals surface area contributed by atoms with E-state index in [1.54, 1.807) is 12.1 Å². The fourth-order valence-electron chi connectivity index (χ4n) is 2.42. The zero-order valence-electron chi connectivity index (χ0n) is 10.8. The van der Waals surface area contributed by atoms with E-state index >= 15 is 0 Å². The Labute approximate surface area is 116 Å². The molecule has 0 saturated carbocycles. The highest BCUT2D eigenvalue weighted by Crippen LogP contribution is 2.27. The molecule has 3 rings (SSSR count). The summed E-state index contributed by atoms with van der Waals surface area (Å²) in [5.41, 5.74) is 2.22. The molecule has 0 radical (unpaired) electrons. The number of nitro benzene ring substituents is 1. The molecule has 5 heteroatoms. The van der Waals surface area contributed by atoms with Crippen molar-refractivity contribution in [1.29, 1.82) is 0 Å². The molecule has 0 amide bonds. The third kappa shape index (κ3) is 2.54. The summed E-state index contributed by atoms with van der Waals surface area (Å²) in [7, 11) is 0. The van der Waals surface area contributed by atoms with Crippen LogP contribution in [-0.2, 0) is 4.74 Å². The van der Waals surface area contributed by atoms with Crippen molar-refractivity contribution in [3.05, 3.63) is 75.8 Å². The Bertz CT molecular complexity index is 598. The summed E-state index contributed by atoms with van der Waals surface area (Å²) in [5, 5.41) is 12.8. The zero-order valence-corrected chi connectivity index (χ0v) is 10.8. The Hall–Kier alpha value is -2.24. The van der Waals surface area contributed by atoms with Gasteiger partial charge in [-0.25, -0.2) is 0 Å². The number of nitrogens with zero attached hydrogens (tertiary/aromatic N) is 1. The van der Waals surface area contributed by atoms with E-state index in [2.05, 4.69) is 5.32 Å². The second kappa shape index (κ2) is 5.40. The first kappa shape index (κ1) is 12.8. The lowest BCUT2D eigenvalue weighted by Crippen LogP contribution is -2.82. The van der Waals surface area contributed by atoms with Gasteiger partial charge in [0.25, 0.3) is 5.69 Å². The van der Waals surface area contributed by atoms with E-state index in [9.17, 15) is 10.1 Å². The normalized spacial score (nSPS) is 21.8. The number of hydrogen-bond donors (Lipinski definition) is 1. The molecule has 2 unspecified atom stereocenters. The number of ether oxygens (including phenoxy) is 1. The molecule has 1 aliphatic heterocycles. The SMILES string of the molecule is O=[N+]([O-])c1ccc(C2C[NH2+]C(c3ccccc3)O2)cc1. The average molecular weight is 271 g/mol. The van der Waals surface area contributed by atoms with Crippen molar-refractivity contribution in [2.24, 2.45) is 0 Å². The van der Waals surface area contributed by atoms with Crippen LogP contribution in [0.3, 0.4) is 0 Å². The van der Waals surface area contributed by atoms with Crippen molar-refractivity contribution in [2.75, 3.05) is 6.54 Å². The number of nitrogens with two attached hydrogens (primary N) is 1. The van der Waals surface area contributed by atoms with Crippen molar-refractivity contribution in [1.82, 2.24) is 0 Å². The quantitative estimate of drug-likeness (QED) is 0.685. The zero-order chi connectivity index (χ0) is 13.9. The Morgan fingerprint density at radius 3 is 2.40 bits per heavy atom. The summed E-state index contributed by atoms with van der Waals surface area (Å²) in [5.74, 6) is 0. The second-order valence-corrected chi connectivity index (χ2v) is 4.78. The first-order valence-corrected chi connectivity index (χ1v) is 6.52. The van der Waals surface area contributed by atoms with Gasteiger partial charge in [-0.3, -0.25) is 10.1 Å². The number of non-ortho nitro benzene ring substituents is 1. The van der Waals surface area contributed by atoms with Gasteiger partial charge in [-0.1, -0.05) is 30.3 Å². The molecular weight excluding hydrogens is 256 g/mol.